The van der Waals surface area contributed by atoms with Gasteiger partial charge in [0.1, 0.15) is 5.82 Å². The van der Waals surface area contributed by atoms with Crippen molar-refractivity contribution in [2.24, 2.45) is 0 Å². The maximum atomic E-state index is 13.4. The molecule has 1 aromatic rings. The molecule has 0 fully saturated rings. The van der Waals surface area contributed by atoms with Crippen LogP contribution in [-0.4, -0.2) is 11.0 Å². The van der Waals surface area contributed by atoms with Crippen molar-refractivity contribution >= 4 is 17.5 Å². The number of rotatable bonds is 3. The Morgan fingerprint density at radius 3 is 2.50 bits per heavy atom. The van der Waals surface area contributed by atoms with Crippen molar-refractivity contribution in [2.45, 2.75) is 30.9 Å². The van der Waals surface area contributed by atoms with Gasteiger partial charge in [-0.2, -0.15) is 0 Å². The Morgan fingerprint density at radius 1 is 1.43 bits per heavy atom. The molecule has 0 bridgehead atoms. The fraction of sp³-hybridized carbons (Fsp3) is 0.364. The standard InChI is InChI=1S/C11H13FOS/c1-7(2)14-11-5-4-9(8(3)13)6-10(11)12/h4-7H,1-3H3. The molecule has 0 aromatic heterocycles. The summed E-state index contributed by atoms with van der Waals surface area (Å²) in [5.74, 6) is -0.415. The number of benzene rings is 1. The zero-order valence-corrected chi connectivity index (χ0v) is 9.32. The van der Waals surface area contributed by atoms with Gasteiger partial charge in [-0.3, -0.25) is 4.79 Å². The SMILES string of the molecule is CC(=O)c1ccc(SC(C)C)c(F)c1. The molecule has 0 radical (unpaired) electrons. The van der Waals surface area contributed by atoms with E-state index in [0.717, 1.165) is 0 Å². The molecule has 1 rings (SSSR count). The van der Waals surface area contributed by atoms with Gasteiger partial charge in [0.15, 0.2) is 5.78 Å². The number of Topliss-reactive ketones (excluding diaryl/α,β-unsaturated/α-hetero) is 1. The molecule has 0 atom stereocenters. The lowest BCUT2D eigenvalue weighted by Gasteiger charge is -2.06. The van der Waals surface area contributed by atoms with E-state index in [2.05, 4.69) is 0 Å². The molecule has 0 aliphatic heterocycles. The van der Waals surface area contributed by atoms with Crippen LogP contribution in [0.5, 0.6) is 0 Å². The molecule has 0 N–H and O–H groups in total. The van der Waals surface area contributed by atoms with Gasteiger partial charge in [-0.05, 0) is 19.1 Å². The fourth-order valence-electron chi connectivity index (χ4n) is 1.07. The third-order valence-electron chi connectivity index (χ3n) is 1.70. The van der Waals surface area contributed by atoms with Gasteiger partial charge in [-0.1, -0.05) is 19.9 Å². The van der Waals surface area contributed by atoms with E-state index in [9.17, 15) is 9.18 Å². The van der Waals surface area contributed by atoms with Crippen molar-refractivity contribution < 1.29 is 9.18 Å². The Kier molecular flexibility index (Phi) is 3.69. The van der Waals surface area contributed by atoms with Crippen LogP contribution < -0.4 is 0 Å². The summed E-state index contributed by atoms with van der Waals surface area (Å²) >= 11 is 1.46. The Balaban J connectivity index is 2.95. The van der Waals surface area contributed by atoms with Crippen LogP contribution in [0, 0.1) is 5.82 Å². The first-order valence-corrected chi connectivity index (χ1v) is 5.36. The lowest BCUT2D eigenvalue weighted by Crippen LogP contribution is -1.95. The van der Waals surface area contributed by atoms with Crippen molar-refractivity contribution in [3.8, 4) is 0 Å². The Hall–Kier alpha value is -0.830. The second-order valence-electron chi connectivity index (χ2n) is 3.37. The summed E-state index contributed by atoms with van der Waals surface area (Å²) in [5.41, 5.74) is 0.426. The second kappa shape index (κ2) is 4.60. The largest absolute Gasteiger partial charge is 0.295 e. The highest BCUT2D eigenvalue weighted by Gasteiger charge is 2.07. The summed E-state index contributed by atoms with van der Waals surface area (Å²) in [7, 11) is 0. The van der Waals surface area contributed by atoms with Crippen LogP contribution in [0.2, 0.25) is 0 Å². The van der Waals surface area contributed by atoms with Gasteiger partial charge in [0.25, 0.3) is 0 Å². The summed E-state index contributed by atoms with van der Waals surface area (Å²) in [6.45, 7) is 5.44. The van der Waals surface area contributed by atoms with Crippen molar-refractivity contribution in [3.05, 3.63) is 29.6 Å². The normalized spacial score (nSPS) is 10.6. The predicted octanol–water partition coefficient (Wildman–Crippen LogP) is 3.53. The fourth-order valence-corrected chi connectivity index (χ4v) is 1.90. The van der Waals surface area contributed by atoms with E-state index in [0.29, 0.717) is 15.7 Å². The molecule has 1 nitrogen and oxygen atoms in total. The van der Waals surface area contributed by atoms with Crippen molar-refractivity contribution in [1.29, 1.82) is 0 Å². The van der Waals surface area contributed by atoms with Crippen LogP contribution in [0.3, 0.4) is 0 Å². The highest BCUT2D eigenvalue weighted by Crippen LogP contribution is 2.26. The van der Waals surface area contributed by atoms with Crippen molar-refractivity contribution in [1.82, 2.24) is 0 Å². The number of ketones is 1. The first kappa shape index (κ1) is 11.2. The Morgan fingerprint density at radius 2 is 2.07 bits per heavy atom. The minimum atomic E-state index is -0.309. The minimum absolute atomic E-state index is 0.106. The molecule has 0 amide bonds. The maximum absolute atomic E-state index is 13.4. The zero-order valence-electron chi connectivity index (χ0n) is 8.50. The molecule has 14 heavy (non-hydrogen) atoms. The van der Waals surface area contributed by atoms with Crippen LogP contribution >= 0.6 is 11.8 Å². The van der Waals surface area contributed by atoms with Gasteiger partial charge >= 0.3 is 0 Å². The number of hydrogen-bond acceptors (Lipinski definition) is 2. The first-order valence-electron chi connectivity index (χ1n) is 4.48. The topological polar surface area (TPSA) is 17.1 Å². The van der Waals surface area contributed by atoms with E-state index >= 15 is 0 Å². The van der Waals surface area contributed by atoms with E-state index in [1.54, 1.807) is 12.1 Å². The molecule has 1 aromatic carbocycles. The summed E-state index contributed by atoms with van der Waals surface area (Å²) < 4.78 is 13.4. The lowest BCUT2D eigenvalue weighted by molar-refractivity contribution is 0.101. The molecular weight excluding hydrogens is 199 g/mol. The number of halogens is 1. The molecule has 0 heterocycles. The number of carbonyl (C=O) groups is 1. The summed E-state index contributed by atoms with van der Waals surface area (Å²) in [6.07, 6.45) is 0. The van der Waals surface area contributed by atoms with Crippen LogP contribution in [0.4, 0.5) is 4.39 Å². The van der Waals surface area contributed by atoms with Gasteiger partial charge in [-0.25, -0.2) is 4.39 Å². The molecular formula is C11H13FOS. The van der Waals surface area contributed by atoms with Gasteiger partial charge in [0.2, 0.25) is 0 Å². The summed E-state index contributed by atoms with van der Waals surface area (Å²) in [4.78, 5) is 11.6. The maximum Gasteiger partial charge on any atom is 0.159 e. The molecule has 76 valence electrons. The highest BCUT2D eigenvalue weighted by atomic mass is 32.2. The van der Waals surface area contributed by atoms with Gasteiger partial charge < -0.3 is 0 Å². The molecule has 0 spiro atoms. The average Bonchev–Trinajstić information content (AvgIpc) is 2.07. The number of hydrogen-bond donors (Lipinski definition) is 0. The van der Waals surface area contributed by atoms with E-state index in [1.165, 1.54) is 24.8 Å². The van der Waals surface area contributed by atoms with Crippen LogP contribution in [0.25, 0.3) is 0 Å². The number of thioether (sulfide) groups is 1. The molecule has 0 unspecified atom stereocenters. The zero-order chi connectivity index (χ0) is 10.7. The van der Waals surface area contributed by atoms with Crippen molar-refractivity contribution in [2.75, 3.05) is 0 Å². The molecule has 0 saturated heterocycles. The molecule has 0 aliphatic rings. The summed E-state index contributed by atoms with van der Waals surface area (Å²) in [5, 5.41) is 0.340. The molecule has 0 saturated carbocycles. The van der Waals surface area contributed by atoms with E-state index < -0.39 is 0 Å². The predicted molar refractivity (Wildman–Crippen MR) is 57.4 cm³/mol. The van der Waals surface area contributed by atoms with Gasteiger partial charge in [0.05, 0.1) is 0 Å². The Bertz CT molecular complexity index is 347. The lowest BCUT2D eigenvalue weighted by atomic mass is 10.1. The van der Waals surface area contributed by atoms with Gasteiger partial charge in [-0.15, -0.1) is 11.8 Å². The van der Waals surface area contributed by atoms with Crippen LogP contribution in [0.15, 0.2) is 23.1 Å². The average molecular weight is 212 g/mol. The second-order valence-corrected chi connectivity index (χ2v) is 4.99. The summed E-state index contributed by atoms with van der Waals surface area (Å²) in [6, 6.07) is 4.62. The monoisotopic (exact) mass is 212 g/mol. The van der Waals surface area contributed by atoms with Gasteiger partial charge in [0, 0.05) is 15.7 Å². The van der Waals surface area contributed by atoms with Crippen LogP contribution in [0.1, 0.15) is 31.1 Å². The minimum Gasteiger partial charge on any atom is -0.295 e. The number of carbonyl (C=O) groups excluding carboxylic acids is 1. The smallest absolute Gasteiger partial charge is 0.159 e. The van der Waals surface area contributed by atoms with E-state index in [1.807, 2.05) is 13.8 Å². The third kappa shape index (κ3) is 2.84. The Labute approximate surface area is 87.7 Å². The van der Waals surface area contributed by atoms with Crippen molar-refractivity contribution in [3.63, 3.8) is 0 Å². The van der Waals surface area contributed by atoms with E-state index in [-0.39, 0.29) is 11.6 Å². The highest BCUT2D eigenvalue weighted by molar-refractivity contribution is 7.99. The van der Waals surface area contributed by atoms with Crippen LogP contribution in [-0.2, 0) is 0 Å². The molecule has 3 heteroatoms. The molecule has 0 aliphatic carbocycles. The third-order valence-corrected chi connectivity index (χ3v) is 2.76. The first-order chi connectivity index (χ1) is 6.50. The quantitative estimate of drug-likeness (QED) is 0.563. The van der Waals surface area contributed by atoms with E-state index in [4.69, 9.17) is 0 Å².